The van der Waals surface area contributed by atoms with Gasteiger partial charge in [-0.1, -0.05) is 13.8 Å². The molecule has 6 nitrogen and oxygen atoms in total. The Bertz CT molecular complexity index is 1080. The number of halogens is 3. The summed E-state index contributed by atoms with van der Waals surface area (Å²) in [6.45, 7) is 4.80. The molecule has 0 atom stereocenters. The Balaban J connectivity index is 1.90. The zero-order chi connectivity index (χ0) is 22.9. The molecule has 2 heterocycles. The molecule has 1 aromatic carbocycles. The van der Waals surface area contributed by atoms with E-state index in [1.165, 1.54) is 7.11 Å². The third-order valence-corrected chi connectivity index (χ3v) is 8.03. The Morgan fingerprint density at radius 1 is 1.26 bits per heavy atom. The van der Waals surface area contributed by atoms with Gasteiger partial charge < -0.3 is 4.74 Å². The first-order chi connectivity index (χ1) is 14.5. The third kappa shape index (κ3) is 5.11. The summed E-state index contributed by atoms with van der Waals surface area (Å²) >= 11 is 0.986. The first-order valence-corrected chi connectivity index (χ1v) is 11.9. The number of hydrogen-bond donors (Lipinski definition) is 1. The minimum Gasteiger partial charge on any atom is -0.465 e. The van der Waals surface area contributed by atoms with Crippen LogP contribution in [0.3, 0.4) is 0 Å². The van der Waals surface area contributed by atoms with Crippen LogP contribution in [0.1, 0.15) is 40.2 Å². The Morgan fingerprint density at radius 3 is 2.48 bits per heavy atom. The molecule has 0 spiro atoms. The van der Waals surface area contributed by atoms with Gasteiger partial charge in [-0.25, -0.2) is 31.1 Å². The minimum absolute atomic E-state index is 0.0391. The highest BCUT2D eigenvalue weighted by Crippen LogP contribution is 2.37. The summed E-state index contributed by atoms with van der Waals surface area (Å²) in [7, 11) is -2.73. The first kappa shape index (κ1) is 23.7. The molecule has 0 saturated carbocycles. The Hall–Kier alpha value is -1.95. The summed E-state index contributed by atoms with van der Waals surface area (Å²) in [6.07, 6.45) is 0.363. The molecule has 1 aliphatic rings. The van der Waals surface area contributed by atoms with Crippen molar-refractivity contribution in [2.75, 3.05) is 20.2 Å². The predicted octanol–water partition coefficient (Wildman–Crippen LogP) is 3.44. The van der Waals surface area contributed by atoms with Gasteiger partial charge in [-0.15, -0.1) is 11.3 Å². The van der Waals surface area contributed by atoms with Crippen LogP contribution in [0.4, 0.5) is 13.2 Å². The van der Waals surface area contributed by atoms with Crippen LogP contribution >= 0.6 is 11.3 Å². The molecular weight excluding hydrogens is 453 g/mol. The zero-order valence-electron chi connectivity index (χ0n) is 17.3. The molecule has 1 N–H and O–H groups in total. The van der Waals surface area contributed by atoms with Crippen LogP contribution in [-0.2, 0) is 34.3 Å². The van der Waals surface area contributed by atoms with Crippen molar-refractivity contribution in [1.82, 2.24) is 9.62 Å². The quantitative estimate of drug-likeness (QED) is 0.490. The van der Waals surface area contributed by atoms with E-state index in [4.69, 9.17) is 4.74 Å². The van der Waals surface area contributed by atoms with Gasteiger partial charge in [0.2, 0.25) is 0 Å². The highest BCUT2D eigenvalue weighted by molar-refractivity contribution is 7.91. The molecule has 11 heteroatoms. The van der Waals surface area contributed by atoms with Crippen LogP contribution in [0, 0.1) is 23.4 Å². The fourth-order valence-electron chi connectivity index (χ4n) is 3.36. The van der Waals surface area contributed by atoms with E-state index in [-0.39, 0.29) is 40.9 Å². The fourth-order valence-corrected chi connectivity index (χ4v) is 6.55. The van der Waals surface area contributed by atoms with Gasteiger partial charge in [0.1, 0.15) is 4.21 Å². The van der Waals surface area contributed by atoms with Crippen molar-refractivity contribution in [3.63, 3.8) is 0 Å². The van der Waals surface area contributed by atoms with Crippen LogP contribution in [0.2, 0.25) is 0 Å². The number of hydrogen-bond acceptors (Lipinski definition) is 6. The summed E-state index contributed by atoms with van der Waals surface area (Å²) in [5.74, 6) is -4.69. The molecule has 0 aliphatic carbocycles. The standard InChI is InChI=1S/C20H23F3N2O4S2/c1-11(2)8-24-31(27,28)20-17(19(26)29-3)13-4-5-25(10-16(13)30-20)9-12-6-14(21)18(23)15(22)7-12/h6-7,11,24H,4-5,8-10H2,1-3H3. The zero-order valence-corrected chi connectivity index (χ0v) is 18.9. The molecule has 0 fully saturated rings. The van der Waals surface area contributed by atoms with Gasteiger partial charge in [-0.2, -0.15) is 0 Å². The Kier molecular flexibility index (Phi) is 7.09. The lowest BCUT2D eigenvalue weighted by molar-refractivity contribution is 0.0595. The van der Waals surface area contributed by atoms with E-state index >= 15 is 0 Å². The minimum atomic E-state index is -3.92. The molecule has 170 valence electrons. The number of rotatable bonds is 7. The monoisotopic (exact) mass is 476 g/mol. The van der Waals surface area contributed by atoms with E-state index < -0.39 is 33.4 Å². The lowest BCUT2D eigenvalue weighted by Crippen LogP contribution is -2.30. The van der Waals surface area contributed by atoms with Crippen LogP contribution in [0.15, 0.2) is 16.3 Å². The van der Waals surface area contributed by atoms with E-state index in [1.807, 2.05) is 18.7 Å². The van der Waals surface area contributed by atoms with Crippen molar-refractivity contribution in [2.45, 2.75) is 37.6 Å². The van der Waals surface area contributed by atoms with Crippen molar-refractivity contribution in [1.29, 1.82) is 0 Å². The van der Waals surface area contributed by atoms with E-state index in [0.717, 1.165) is 23.5 Å². The average molecular weight is 477 g/mol. The second-order valence-corrected chi connectivity index (χ2v) is 10.8. The second kappa shape index (κ2) is 9.27. The van der Waals surface area contributed by atoms with Crippen LogP contribution in [0.25, 0.3) is 0 Å². The van der Waals surface area contributed by atoms with E-state index in [1.54, 1.807) is 0 Å². The normalized spacial score (nSPS) is 14.7. The Morgan fingerprint density at radius 2 is 1.90 bits per heavy atom. The van der Waals surface area contributed by atoms with E-state index in [9.17, 15) is 26.4 Å². The number of nitrogens with zero attached hydrogens (tertiary/aromatic N) is 1. The number of esters is 1. The second-order valence-electron chi connectivity index (χ2n) is 7.74. The number of methoxy groups -OCH3 is 1. The number of carbonyl (C=O) groups is 1. The summed E-state index contributed by atoms with van der Waals surface area (Å²) in [5, 5.41) is 0. The summed E-state index contributed by atoms with van der Waals surface area (Å²) in [5.41, 5.74) is 0.905. The van der Waals surface area contributed by atoms with Crippen LogP contribution in [0.5, 0.6) is 0 Å². The molecule has 0 radical (unpaired) electrons. The Labute approximate surface area is 183 Å². The molecular formula is C20H23F3N2O4S2. The topological polar surface area (TPSA) is 75.7 Å². The molecule has 0 bridgehead atoms. The fraction of sp³-hybridized carbons (Fsp3) is 0.450. The summed E-state index contributed by atoms with van der Waals surface area (Å²) in [4.78, 5) is 14.9. The van der Waals surface area contributed by atoms with Crippen molar-refractivity contribution >= 4 is 27.3 Å². The van der Waals surface area contributed by atoms with Crippen molar-refractivity contribution in [2.24, 2.45) is 5.92 Å². The van der Waals surface area contributed by atoms with Crippen molar-refractivity contribution in [3.8, 4) is 0 Å². The number of fused-ring (bicyclic) bond motifs is 1. The van der Waals surface area contributed by atoms with E-state index in [0.29, 0.717) is 23.4 Å². The summed E-state index contributed by atoms with van der Waals surface area (Å²) < 4.78 is 73.2. The molecule has 0 amide bonds. The van der Waals surface area contributed by atoms with Crippen LogP contribution in [-0.4, -0.2) is 39.5 Å². The number of benzene rings is 1. The van der Waals surface area contributed by atoms with Crippen molar-refractivity contribution < 1.29 is 31.1 Å². The highest BCUT2D eigenvalue weighted by Gasteiger charge is 2.34. The number of ether oxygens (including phenoxy) is 1. The molecule has 2 aromatic rings. The number of carbonyl (C=O) groups excluding carboxylic acids is 1. The first-order valence-electron chi connectivity index (χ1n) is 9.61. The smallest absolute Gasteiger partial charge is 0.340 e. The van der Waals surface area contributed by atoms with Gasteiger partial charge in [0.05, 0.1) is 12.7 Å². The number of thiophene rings is 1. The molecule has 0 unspecified atom stereocenters. The maximum atomic E-state index is 13.5. The maximum Gasteiger partial charge on any atom is 0.340 e. The molecule has 0 saturated heterocycles. The predicted molar refractivity (Wildman–Crippen MR) is 110 cm³/mol. The van der Waals surface area contributed by atoms with Gasteiger partial charge in [0, 0.05) is 31.1 Å². The van der Waals surface area contributed by atoms with Gasteiger partial charge in [-0.05, 0) is 35.6 Å². The largest absolute Gasteiger partial charge is 0.465 e. The van der Waals surface area contributed by atoms with Gasteiger partial charge in [0.25, 0.3) is 10.0 Å². The molecule has 1 aliphatic heterocycles. The van der Waals surface area contributed by atoms with Gasteiger partial charge in [-0.3, -0.25) is 4.90 Å². The molecule has 1 aromatic heterocycles. The lowest BCUT2D eigenvalue weighted by atomic mass is 10.0. The van der Waals surface area contributed by atoms with Gasteiger partial charge >= 0.3 is 5.97 Å². The van der Waals surface area contributed by atoms with Crippen LogP contribution < -0.4 is 4.72 Å². The van der Waals surface area contributed by atoms with E-state index in [2.05, 4.69) is 4.72 Å². The van der Waals surface area contributed by atoms with Crippen molar-refractivity contribution in [3.05, 3.63) is 51.2 Å². The SMILES string of the molecule is COC(=O)c1c(S(=O)(=O)NCC(C)C)sc2c1CCN(Cc1cc(F)c(F)c(F)c1)C2. The third-order valence-electron chi connectivity index (χ3n) is 4.87. The number of nitrogens with one attached hydrogen (secondary N) is 1. The highest BCUT2D eigenvalue weighted by atomic mass is 32.2. The molecule has 3 rings (SSSR count). The number of sulfonamides is 1. The summed E-state index contributed by atoms with van der Waals surface area (Å²) in [6, 6.07) is 1.88. The lowest BCUT2D eigenvalue weighted by Gasteiger charge is -2.27. The maximum absolute atomic E-state index is 13.5. The molecule has 31 heavy (non-hydrogen) atoms. The average Bonchev–Trinajstić information content (AvgIpc) is 3.09. The van der Waals surface area contributed by atoms with Gasteiger partial charge in [0.15, 0.2) is 17.5 Å².